The second-order valence-electron chi connectivity index (χ2n) is 3.99. The first-order valence-electron chi connectivity index (χ1n) is 5.81. The van der Waals surface area contributed by atoms with E-state index in [9.17, 15) is 4.79 Å². The van der Waals surface area contributed by atoms with Crippen molar-refractivity contribution in [3.8, 4) is 17.5 Å². The maximum atomic E-state index is 11.6. The third-order valence-corrected chi connectivity index (χ3v) is 3.12. The van der Waals surface area contributed by atoms with E-state index in [1.54, 1.807) is 18.3 Å². The molecule has 0 atom stereocenters. The van der Waals surface area contributed by atoms with Crippen molar-refractivity contribution in [1.29, 1.82) is 5.26 Å². The fourth-order valence-electron chi connectivity index (χ4n) is 1.75. The van der Waals surface area contributed by atoms with Crippen molar-refractivity contribution in [3.63, 3.8) is 0 Å². The first-order valence-corrected chi connectivity index (χ1v) is 6.19. The predicted molar refractivity (Wildman–Crippen MR) is 72.3 cm³/mol. The molecule has 0 spiro atoms. The lowest BCUT2D eigenvalue weighted by atomic mass is 10.2. The number of nitriles is 1. The summed E-state index contributed by atoms with van der Waals surface area (Å²) >= 11 is 6.26. The van der Waals surface area contributed by atoms with Gasteiger partial charge in [0.05, 0.1) is 16.7 Å². The minimum atomic E-state index is -0.623. The van der Waals surface area contributed by atoms with Crippen LogP contribution in [0.25, 0.3) is 22.4 Å². The zero-order valence-electron chi connectivity index (χ0n) is 10.4. The lowest BCUT2D eigenvalue weighted by molar-refractivity contribution is 0.0915. The molecule has 2 N–H and O–H groups in total. The Balaban J connectivity index is 1.96. The summed E-state index contributed by atoms with van der Waals surface area (Å²) in [6.45, 7) is -0.145. The largest absolute Gasteiger partial charge is 0.346 e. The molecule has 0 aliphatic heterocycles. The molecule has 0 aliphatic carbocycles. The molecule has 0 fully saturated rings. The second kappa shape index (κ2) is 5.22. The standard InChI is InChI=1S/C12H7ClN6O2/c13-8-6-1-3-15-9(6)17-5-7(8)10-18-12(21-19-10)11(20)16-4-2-14/h1,3,5H,4H2,(H,15,17)(H,16,20). The van der Waals surface area contributed by atoms with Crippen LogP contribution in [0.1, 0.15) is 10.7 Å². The van der Waals surface area contributed by atoms with Crippen LogP contribution in [0.2, 0.25) is 5.02 Å². The maximum Gasteiger partial charge on any atom is 0.316 e. The summed E-state index contributed by atoms with van der Waals surface area (Å²) in [6.07, 6.45) is 3.20. The van der Waals surface area contributed by atoms with Crippen molar-refractivity contribution < 1.29 is 9.32 Å². The van der Waals surface area contributed by atoms with Crippen molar-refractivity contribution in [2.45, 2.75) is 0 Å². The second-order valence-corrected chi connectivity index (χ2v) is 4.37. The van der Waals surface area contributed by atoms with Crippen molar-refractivity contribution >= 4 is 28.5 Å². The normalized spacial score (nSPS) is 10.5. The van der Waals surface area contributed by atoms with Crippen molar-refractivity contribution in [2.24, 2.45) is 0 Å². The van der Waals surface area contributed by atoms with E-state index in [0.717, 1.165) is 5.39 Å². The van der Waals surface area contributed by atoms with Crippen LogP contribution in [-0.4, -0.2) is 32.6 Å². The molecule has 0 aromatic carbocycles. The third kappa shape index (κ3) is 2.30. The van der Waals surface area contributed by atoms with Gasteiger partial charge in [0.15, 0.2) is 0 Å². The quantitative estimate of drug-likeness (QED) is 0.708. The molecule has 3 aromatic heterocycles. The summed E-state index contributed by atoms with van der Waals surface area (Å²) in [5.74, 6) is -0.717. The Kier molecular flexibility index (Phi) is 3.25. The van der Waals surface area contributed by atoms with Gasteiger partial charge in [0.25, 0.3) is 0 Å². The summed E-state index contributed by atoms with van der Waals surface area (Å²) in [6, 6.07) is 3.55. The average molecular weight is 303 g/mol. The number of aromatic nitrogens is 4. The highest BCUT2D eigenvalue weighted by Crippen LogP contribution is 2.30. The van der Waals surface area contributed by atoms with Crippen LogP contribution < -0.4 is 5.32 Å². The number of amides is 1. The molecule has 0 radical (unpaired) electrons. The Hall–Kier alpha value is -2.92. The molecule has 3 rings (SSSR count). The van der Waals surface area contributed by atoms with E-state index >= 15 is 0 Å². The number of halogens is 1. The molecule has 9 heteroatoms. The van der Waals surface area contributed by atoms with Gasteiger partial charge in [-0.2, -0.15) is 10.2 Å². The monoisotopic (exact) mass is 302 g/mol. The van der Waals surface area contributed by atoms with Crippen LogP contribution in [0.3, 0.4) is 0 Å². The molecular weight excluding hydrogens is 296 g/mol. The van der Waals surface area contributed by atoms with E-state index in [1.807, 2.05) is 0 Å². The Morgan fingerprint density at radius 1 is 1.57 bits per heavy atom. The summed E-state index contributed by atoms with van der Waals surface area (Å²) < 4.78 is 4.85. The van der Waals surface area contributed by atoms with E-state index in [1.165, 1.54) is 6.20 Å². The molecule has 0 bridgehead atoms. The first-order chi connectivity index (χ1) is 10.2. The van der Waals surface area contributed by atoms with Crippen molar-refractivity contribution in [1.82, 2.24) is 25.4 Å². The number of H-pyrrole nitrogens is 1. The van der Waals surface area contributed by atoms with E-state index < -0.39 is 5.91 Å². The number of rotatable bonds is 3. The number of nitrogens with zero attached hydrogens (tertiary/aromatic N) is 4. The number of fused-ring (bicyclic) bond motifs is 1. The average Bonchev–Trinajstić information content (AvgIpc) is 3.14. The topological polar surface area (TPSA) is 120 Å². The molecule has 1 amide bonds. The first kappa shape index (κ1) is 13.1. The Morgan fingerprint density at radius 3 is 3.24 bits per heavy atom. The Bertz CT molecular complexity index is 862. The molecule has 104 valence electrons. The molecular formula is C12H7ClN6O2. The molecule has 3 aromatic rings. The SMILES string of the molecule is N#CCNC(=O)c1nc(-c2cnc3[nH]ccc3c2Cl)no1. The number of carbonyl (C=O) groups excluding carboxylic acids is 1. The van der Waals surface area contributed by atoms with Gasteiger partial charge in [-0.3, -0.25) is 4.79 Å². The lowest BCUT2D eigenvalue weighted by Crippen LogP contribution is -2.23. The van der Waals surface area contributed by atoms with E-state index in [2.05, 4.69) is 25.4 Å². The predicted octanol–water partition coefficient (Wildman–Crippen LogP) is 1.52. The minimum absolute atomic E-state index is 0.145. The summed E-state index contributed by atoms with van der Waals surface area (Å²) in [5, 5.41) is 15.5. The van der Waals surface area contributed by atoms with Gasteiger partial charge in [0, 0.05) is 17.8 Å². The van der Waals surface area contributed by atoms with Crippen LogP contribution in [0.15, 0.2) is 23.0 Å². The number of hydrogen-bond donors (Lipinski definition) is 2. The smallest absolute Gasteiger partial charge is 0.316 e. The molecule has 0 unspecified atom stereocenters. The van der Waals surface area contributed by atoms with Gasteiger partial charge in [-0.05, 0) is 6.07 Å². The Labute approximate surface area is 122 Å². The van der Waals surface area contributed by atoms with E-state index in [0.29, 0.717) is 16.2 Å². The molecule has 21 heavy (non-hydrogen) atoms. The lowest BCUT2D eigenvalue weighted by Gasteiger charge is -1.99. The molecule has 0 aliphatic rings. The van der Waals surface area contributed by atoms with Crippen LogP contribution in [0.5, 0.6) is 0 Å². The highest BCUT2D eigenvalue weighted by Gasteiger charge is 2.18. The van der Waals surface area contributed by atoms with Crippen LogP contribution in [0, 0.1) is 11.3 Å². The van der Waals surface area contributed by atoms with Crippen molar-refractivity contribution in [3.05, 3.63) is 29.4 Å². The van der Waals surface area contributed by atoms with E-state index in [4.69, 9.17) is 21.4 Å². The van der Waals surface area contributed by atoms with Gasteiger partial charge < -0.3 is 14.8 Å². The van der Waals surface area contributed by atoms with Gasteiger partial charge in [0.1, 0.15) is 12.2 Å². The van der Waals surface area contributed by atoms with Gasteiger partial charge in [0.2, 0.25) is 5.82 Å². The highest BCUT2D eigenvalue weighted by atomic mass is 35.5. The fourth-order valence-corrected chi connectivity index (χ4v) is 2.04. The zero-order valence-corrected chi connectivity index (χ0v) is 11.2. The summed E-state index contributed by atoms with van der Waals surface area (Å²) in [4.78, 5) is 22.7. The third-order valence-electron chi connectivity index (χ3n) is 2.71. The summed E-state index contributed by atoms with van der Waals surface area (Å²) in [5.41, 5.74) is 1.09. The van der Waals surface area contributed by atoms with Gasteiger partial charge in [-0.25, -0.2) is 4.98 Å². The van der Waals surface area contributed by atoms with Crippen LogP contribution >= 0.6 is 11.6 Å². The summed E-state index contributed by atoms with van der Waals surface area (Å²) in [7, 11) is 0. The van der Waals surface area contributed by atoms with Gasteiger partial charge in [-0.15, -0.1) is 0 Å². The van der Waals surface area contributed by atoms with Gasteiger partial charge >= 0.3 is 11.8 Å². The Morgan fingerprint density at radius 2 is 2.43 bits per heavy atom. The number of hydrogen-bond acceptors (Lipinski definition) is 6. The molecule has 8 nitrogen and oxygen atoms in total. The molecule has 0 saturated carbocycles. The minimum Gasteiger partial charge on any atom is -0.346 e. The highest BCUT2D eigenvalue weighted by molar-refractivity contribution is 6.37. The number of pyridine rings is 1. The van der Waals surface area contributed by atoms with E-state index in [-0.39, 0.29) is 18.3 Å². The maximum absolute atomic E-state index is 11.6. The van der Waals surface area contributed by atoms with Gasteiger partial charge in [-0.1, -0.05) is 16.8 Å². The van der Waals surface area contributed by atoms with Crippen LogP contribution in [-0.2, 0) is 0 Å². The zero-order chi connectivity index (χ0) is 14.8. The number of carbonyl (C=O) groups is 1. The molecule has 0 saturated heterocycles. The molecule has 3 heterocycles. The van der Waals surface area contributed by atoms with Crippen molar-refractivity contribution in [2.75, 3.05) is 6.54 Å². The number of aromatic amines is 1. The fraction of sp³-hybridized carbons (Fsp3) is 0.0833. The number of nitrogens with one attached hydrogen (secondary N) is 2. The van der Waals surface area contributed by atoms with Crippen LogP contribution in [0.4, 0.5) is 0 Å².